The van der Waals surface area contributed by atoms with Crippen LogP contribution < -0.4 is 10.1 Å². The second-order valence-electron chi connectivity index (χ2n) is 4.21. The molecular formula is C12H14ClF4NO. The Morgan fingerprint density at radius 1 is 1.16 bits per heavy atom. The maximum Gasteiger partial charge on any atom is 0.419 e. The fourth-order valence-electron chi connectivity index (χ4n) is 1.90. The molecule has 1 aliphatic heterocycles. The molecule has 0 amide bonds. The van der Waals surface area contributed by atoms with Gasteiger partial charge in [0.25, 0.3) is 0 Å². The summed E-state index contributed by atoms with van der Waals surface area (Å²) in [6.07, 6.45) is -3.20. The molecule has 2 rings (SSSR count). The second kappa shape index (κ2) is 6.43. The largest absolute Gasteiger partial charge is 0.490 e. The van der Waals surface area contributed by atoms with Crippen LogP contribution in [-0.2, 0) is 6.18 Å². The molecule has 1 N–H and O–H groups in total. The van der Waals surface area contributed by atoms with Crippen molar-refractivity contribution in [3.05, 3.63) is 29.6 Å². The van der Waals surface area contributed by atoms with Crippen LogP contribution in [0.25, 0.3) is 0 Å². The van der Waals surface area contributed by atoms with E-state index in [1.807, 2.05) is 0 Å². The Morgan fingerprint density at radius 3 is 2.32 bits per heavy atom. The van der Waals surface area contributed by atoms with Crippen molar-refractivity contribution < 1.29 is 22.3 Å². The number of alkyl halides is 3. The predicted molar refractivity (Wildman–Crippen MR) is 65.2 cm³/mol. The van der Waals surface area contributed by atoms with Gasteiger partial charge in [-0.25, -0.2) is 4.39 Å². The molecule has 1 fully saturated rings. The van der Waals surface area contributed by atoms with Gasteiger partial charge in [-0.1, -0.05) is 0 Å². The van der Waals surface area contributed by atoms with Crippen LogP contribution in [-0.4, -0.2) is 19.2 Å². The summed E-state index contributed by atoms with van der Waals surface area (Å²) in [7, 11) is 0. The normalized spacial score (nSPS) is 16.8. The first kappa shape index (κ1) is 16.0. The summed E-state index contributed by atoms with van der Waals surface area (Å²) in [6.45, 7) is 1.60. The topological polar surface area (TPSA) is 21.3 Å². The van der Waals surface area contributed by atoms with Crippen LogP contribution in [0.5, 0.6) is 5.75 Å². The van der Waals surface area contributed by atoms with Crippen molar-refractivity contribution in [3.8, 4) is 5.75 Å². The van der Waals surface area contributed by atoms with E-state index in [0.717, 1.165) is 38.1 Å². The molecule has 0 atom stereocenters. The van der Waals surface area contributed by atoms with Gasteiger partial charge in [0.1, 0.15) is 17.7 Å². The number of rotatable bonds is 2. The summed E-state index contributed by atoms with van der Waals surface area (Å²) in [5.74, 6) is -1.15. The first-order valence-corrected chi connectivity index (χ1v) is 5.71. The van der Waals surface area contributed by atoms with Crippen molar-refractivity contribution >= 4 is 12.4 Å². The molecular weight excluding hydrogens is 286 g/mol. The lowest BCUT2D eigenvalue weighted by Crippen LogP contribution is -2.34. The summed E-state index contributed by atoms with van der Waals surface area (Å²) in [4.78, 5) is 0. The van der Waals surface area contributed by atoms with Gasteiger partial charge in [0.15, 0.2) is 0 Å². The van der Waals surface area contributed by atoms with E-state index in [9.17, 15) is 17.6 Å². The molecule has 1 aliphatic rings. The number of hydrogen-bond donors (Lipinski definition) is 1. The van der Waals surface area contributed by atoms with Crippen molar-refractivity contribution in [2.75, 3.05) is 13.1 Å². The summed E-state index contributed by atoms with van der Waals surface area (Å²) in [6, 6.07) is 2.67. The van der Waals surface area contributed by atoms with E-state index in [1.54, 1.807) is 0 Å². The van der Waals surface area contributed by atoms with E-state index in [2.05, 4.69) is 5.32 Å². The lowest BCUT2D eigenvalue weighted by Gasteiger charge is -2.24. The van der Waals surface area contributed by atoms with Gasteiger partial charge in [0, 0.05) is 6.07 Å². The van der Waals surface area contributed by atoms with E-state index >= 15 is 0 Å². The minimum Gasteiger partial charge on any atom is -0.490 e. The Labute approximate surface area is 114 Å². The zero-order valence-corrected chi connectivity index (χ0v) is 10.8. The van der Waals surface area contributed by atoms with Crippen molar-refractivity contribution in [1.29, 1.82) is 0 Å². The number of benzene rings is 1. The van der Waals surface area contributed by atoms with Gasteiger partial charge in [-0.05, 0) is 38.1 Å². The molecule has 7 heteroatoms. The van der Waals surface area contributed by atoms with Gasteiger partial charge in [-0.15, -0.1) is 12.4 Å². The summed E-state index contributed by atoms with van der Waals surface area (Å²) >= 11 is 0. The zero-order chi connectivity index (χ0) is 13.2. The molecule has 1 saturated heterocycles. The Balaban J connectivity index is 0.00000180. The minimum atomic E-state index is -4.67. The van der Waals surface area contributed by atoms with E-state index < -0.39 is 17.6 Å². The van der Waals surface area contributed by atoms with Crippen LogP contribution in [0.3, 0.4) is 0 Å². The second-order valence-corrected chi connectivity index (χ2v) is 4.21. The predicted octanol–water partition coefficient (Wildman–Crippen LogP) is 3.40. The highest BCUT2D eigenvalue weighted by Gasteiger charge is 2.34. The van der Waals surface area contributed by atoms with Gasteiger partial charge >= 0.3 is 6.18 Å². The van der Waals surface area contributed by atoms with E-state index in [-0.39, 0.29) is 24.3 Å². The number of nitrogens with one attached hydrogen (secondary N) is 1. The maximum atomic E-state index is 13.3. The van der Waals surface area contributed by atoms with E-state index in [0.29, 0.717) is 6.07 Å². The first-order chi connectivity index (χ1) is 8.47. The molecule has 1 aromatic carbocycles. The standard InChI is InChI=1S/C12H13F4NO.ClH/c13-11-7-9(1-2-10(11)12(14,15)16)18-8-3-5-17-6-4-8;/h1-2,7-8,17H,3-6H2;1H. The molecule has 108 valence electrons. The molecule has 19 heavy (non-hydrogen) atoms. The van der Waals surface area contributed by atoms with E-state index in [1.165, 1.54) is 0 Å². The van der Waals surface area contributed by atoms with Gasteiger partial charge in [0.2, 0.25) is 0 Å². The average molecular weight is 300 g/mol. The number of hydrogen-bond acceptors (Lipinski definition) is 2. The number of ether oxygens (including phenoxy) is 1. The van der Waals surface area contributed by atoms with Gasteiger partial charge < -0.3 is 10.1 Å². The summed E-state index contributed by atoms with van der Waals surface area (Å²) in [5.41, 5.74) is -1.26. The average Bonchev–Trinajstić information content (AvgIpc) is 2.28. The highest BCUT2D eigenvalue weighted by Crippen LogP contribution is 2.33. The third-order valence-electron chi connectivity index (χ3n) is 2.83. The molecule has 0 unspecified atom stereocenters. The SMILES string of the molecule is Cl.Fc1cc(OC2CCNCC2)ccc1C(F)(F)F. The quantitative estimate of drug-likeness (QED) is 0.845. The molecule has 1 aromatic rings. The van der Waals surface area contributed by atoms with Crippen LogP contribution in [0.2, 0.25) is 0 Å². The molecule has 1 heterocycles. The molecule has 0 bridgehead atoms. The molecule has 0 saturated carbocycles. The summed E-state index contributed by atoms with van der Waals surface area (Å²) in [5, 5.41) is 3.14. The van der Waals surface area contributed by atoms with Crippen LogP contribution in [0.1, 0.15) is 18.4 Å². The zero-order valence-electron chi connectivity index (χ0n) is 9.97. The minimum absolute atomic E-state index is 0. The van der Waals surface area contributed by atoms with Crippen molar-refractivity contribution in [2.45, 2.75) is 25.1 Å². The van der Waals surface area contributed by atoms with Gasteiger partial charge in [0.05, 0.1) is 5.56 Å². The van der Waals surface area contributed by atoms with Gasteiger partial charge in [-0.2, -0.15) is 13.2 Å². The number of halogens is 5. The third kappa shape index (κ3) is 4.24. The highest BCUT2D eigenvalue weighted by atomic mass is 35.5. The Hall–Kier alpha value is -1.01. The van der Waals surface area contributed by atoms with E-state index in [4.69, 9.17) is 4.74 Å². The molecule has 0 aliphatic carbocycles. The Morgan fingerprint density at radius 2 is 1.79 bits per heavy atom. The third-order valence-corrected chi connectivity index (χ3v) is 2.83. The lowest BCUT2D eigenvalue weighted by atomic mass is 10.1. The molecule has 2 nitrogen and oxygen atoms in total. The maximum absolute atomic E-state index is 13.3. The lowest BCUT2D eigenvalue weighted by molar-refractivity contribution is -0.140. The molecule has 0 aromatic heterocycles. The van der Waals surface area contributed by atoms with Crippen molar-refractivity contribution in [3.63, 3.8) is 0 Å². The van der Waals surface area contributed by atoms with Crippen LogP contribution >= 0.6 is 12.4 Å². The highest BCUT2D eigenvalue weighted by molar-refractivity contribution is 5.85. The monoisotopic (exact) mass is 299 g/mol. The van der Waals surface area contributed by atoms with Gasteiger partial charge in [-0.3, -0.25) is 0 Å². The fraction of sp³-hybridized carbons (Fsp3) is 0.500. The van der Waals surface area contributed by atoms with Crippen molar-refractivity contribution in [1.82, 2.24) is 5.32 Å². The molecule has 0 spiro atoms. The fourth-order valence-corrected chi connectivity index (χ4v) is 1.90. The number of piperidine rings is 1. The Bertz CT molecular complexity index is 419. The van der Waals surface area contributed by atoms with Crippen LogP contribution in [0.15, 0.2) is 18.2 Å². The smallest absolute Gasteiger partial charge is 0.419 e. The Kier molecular flexibility index (Phi) is 5.43. The summed E-state index contributed by atoms with van der Waals surface area (Å²) < 4.78 is 55.8. The first-order valence-electron chi connectivity index (χ1n) is 5.71. The molecule has 0 radical (unpaired) electrons. The van der Waals surface area contributed by atoms with Crippen molar-refractivity contribution in [2.24, 2.45) is 0 Å². The van der Waals surface area contributed by atoms with Crippen LogP contribution in [0, 0.1) is 5.82 Å². The van der Waals surface area contributed by atoms with Crippen LogP contribution in [0.4, 0.5) is 17.6 Å².